The molecular weight excluding hydrogens is 339 g/mol. The minimum atomic E-state index is -1.02. The third-order valence-corrected chi connectivity index (χ3v) is 3.76. The summed E-state index contributed by atoms with van der Waals surface area (Å²) < 4.78 is 6.34. The number of methoxy groups -OCH3 is 1. The van der Waals surface area contributed by atoms with Crippen molar-refractivity contribution < 1.29 is 9.84 Å². The topological polar surface area (TPSA) is 29.5 Å². The van der Waals surface area contributed by atoms with Gasteiger partial charge in [-0.1, -0.05) is 24.3 Å². The average molecular weight is 354 g/mol. The molecule has 0 saturated carbocycles. The monoisotopic (exact) mass is 354 g/mol. The molecule has 2 rings (SSSR count). The molecule has 2 nitrogen and oxygen atoms in total. The van der Waals surface area contributed by atoms with Crippen LogP contribution in [0.15, 0.2) is 48.5 Å². The van der Waals surface area contributed by atoms with Crippen molar-refractivity contribution in [1.82, 2.24) is 0 Å². The van der Waals surface area contributed by atoms with Gasteiger partial charge < -0.3 is 9.84 Å². The summed E-state index contributed by atoms with van der Waals surface area (Å²) >= 11 is 2.25. The number of hydrogen-bond acceptors (Lipinski definition) is 2. The molecule has 0 aliphatic heterocycles. The Morgan fingerprint density at radius 1 is 1.06 bits per heavy atom. The standard InChI is InChI=1S/C15H15IO2/c1-15(17,11-6-8-13(16)9-7-11)12-4-3-5-14(10-12)18-2/h3-10,17H,1-2H3/t15-/m1/s1. The van der Waals surface area contributed by atoms with Crippen LogP contribution in [-0.4, -0.2) is 12.2 Å². The zero-order valence-electron chi connectivity index (χ0n) is 10.4. The highest BCUT2D eigenvalue weighted by Gasteiger charge is 2.25. The fraction of sp³-hybridized carbons (Fsp3) is 0.200. The Kier molecular flexibility index (Phi) is 3.92. The van der Waals surface area contributed by atoms with Crippen molar-refractivity contribution in [3.05, 3.63) is 63.2 Å². The van der Waals surface area contributed by atoms with E-state index in [0.717, 1.165) is 20.4 Å². The van der Waals surface area contributed by atoms with Crippen LogP contribution in [0.5, 0.6) is 5.75 Å². The molecular formula is C15H15IO2. The molecule has 0 aliphatic rings. The van der Waals surface area contributed by atoms with Crippen molar-refractivity contribution >= 4 is 22.6 Å². The van der Waals surface area contributed by atoms with Crippen molar-refractivity contribution in [1.29, 1.82) is 0 Å². The number of hydrogen-bond donors (Lipinski definition) is 1. The lowest BCUT2D eigenvalue weighted by molar-refractivity contribution is 0.102. The summed E-state index contributed by atoms with van der Waals surface area (Å²) in [6, 6.07) is 15.4. The SMILES string of the molecule is COc1cccc([C@](C)(O)c2ccc(I)cc2)c1. The van der Waals surface area contributed by atoms with Crippen LogP contribution in [0.2, 0.25) is 0 Å². The van der Waals surface area contributed by atoms with Gasteiger partial charge >= 0.3 is 0 Å². The highest BCUT2D eigenvalue weighted by Crippen LogP contribution is 2.31. The summed E-state index contributed by atoms with van der Waals surface area (Å²) in [7, 11) is 1.62. The molecule has 0 heterocycles. The smallest absolute Gasteiger partial charge is 0.119 e. The molecule has 1 atom stereocenters. The summed E-state index contributed by atoms with van der Waals surface area (Å²) in [5, 5.41) is 10.7. The summed E-state index contributed by atoms with van der Waals surface area (Å²) in [5.74, 6) is 0.748. The zero-order valence-corrected chi connectivity index (χ0v) is 12.5. The second-order valence-corrected chi connectivity index (χ2v) is 5.56. The Bertz CT molecular complexity index is 532. The van der Waals surface area contributed by atoms with Crippen LogP contribution in [0.3, 0.4) is 0 Å². The normalized spacial score (nSPS) is 14.0. The minimum absolute atomic E-state index is 0.748. The molecule has 2 aromatic carbocycles. The number of halogens is 1. The predicted octanol–water partition coefficient (Wildman–Crippen LogP) is 3.56. The fourth-order valence-electron chi connectivity index (χ4n) is 1.87. The lowest BCUT2D eigenvalue weighted by Crippen LogP contribution is -2.22. The molecule has 0 radical (unpaired) electrons. The summed E-state index contributed by atoms with van der Waals surface area (Å²) in [6.45, 7) is 1.80. The van der Waals surface area contributed by atoms with Gasteiger partial charge in [0.2, 0.25) is 0 Å². The van der Waals surface area contributed by atoms with E-state index in [2.05, 4.69) is 22.6 Å². The van der Waals surface area contributed by atoms with Gasteiger partial charge in [-0.05, 0) is 64.9 Å². The van der Waals surface area contributed by atoms with E-state index >= 15 is 0 Å². The van der Waals surface area contributed by atoms with Crippen LogP contribution < -0.4 is 4.74 Å². The van der Waals surface area contributed by atoms with Crippen LogP contribution in [-0.2, 0) is 5.60 Å². The van der Waals surface area contributed by atoms with Crippen molar-refractivity contribution in [3.63, 3.8) is 0 Å². The molecule has 0 unspecified atom stereocenters. The third kappa shape index (κ3) is 2.67. The van der Waals surface area contributed by atoms with Gasteiger partial charge in [0.15, 0.2) is 0 Å². The molecule has 18 heavy (non-hydrogen) atoms. The summed E-state index contributed by atoms with van der Waals surface area (Å²) in [5.41, 5.74) is 0.679. The number of ether oxygens (including phenoxy) is 1. The molecule has 0 bridgehead atoms. The first kappa shape index (κ1) is 13.4. The molecule has 0 fully saturated rings. The van der Waals surface area contributed by atoms with E-state index in [-0.39, 0.29) is 0 Å². The number of benzene rings is 2. The van der Waals surface area contributed by atoms with Crippen molar-refractivity contribution in [2.45, 2.75) is 12.5 Å². The molecule has 0 amide bonds. The largest absolute Gasteiger partial charge is 0.497 e. The Hall–Kier alpha value is -1.07. The molecule has 94 valence electrons. The summed E-state index contributed by atoms with van der Waals surface area (Å²) in [6.07, 6.45) is 0. The second kappa shape index (κ2) is 5.28. The quantitative estimate of drug-likeness (QED) is 0.855. The first-order chi connectivity index (χ1) is 8.54. The van der Waals surface area contributed by atoms with E-state index < -0.39 is 5.60 Å². The molecule has 2 aromatic rings. The molecule has 0 saturated heterocycles. The predicted molar refractivity (Wildman–Crippen MR) is 80.8 cm³/mol. The van der Waals surface area contributed by atoms with E-state index in [4.69, 9.17) is 4.74 Å². The summed E-state index contributed by atoms with van der Waals surface area (Å²) in [4.78, 5) is 0. The van der Waals surface area contributed by atoms with E-state index in [0.29, 0.717) is 0 Å². The van der Waals surface area contributed by atoms with E-state index in [1.54, 1.807) is 14.0 Å². The Balaban J connectivity index is 2.43. The van der Waals surface area contributed by atoms with Crippen LogP contribution in [0.25, 0.3) is 0 Å². The van der Waals surface area contributed by atoms with Gasteiger partial charge in [0, 0.05) is 3.57 Å². The van der Waals surface area contributed by atoms with Crippen LogP contribution in [0.4, 0.5) is 0 Å². The Morgan fingerprint density at radius 3 is 2.33 bits per heavy atom. The maximum Gasteiger partial charge on any atom is 0.119 e. The first-order valence-corrected chi connectivity index (χ1v) is 6.75. The van der Waals surface area contributed by atoms with Crippen molar-refractivity contribution in [2.75, 3.05) is 7.11 Å². The molecule has 0 spiro atoms. The Labute approximate surface area is 121 Å². The molecule has 0 aromatic heterocycles. The lowest BCUT2D eigenvalue weighted by atomic mass is 9.88. The van der Waals surface area contributed by atoms with Crippen molar-refractivity contribution in [2.24, 2.45) is 0 Å². The van der Waals surface area contributed by atoms with Gasteiger partial charge in [-0.3, -0.25) is 0 Å². The highest BCUT2D eigenvalue weighted by atomic mass is 127. The maximum absolute atomic E-state index is 10.7. The van der Waals surface area contributed by atoms with E-state index in [1.165, 1.54) is 0 Å². The van der Waals surface area contributed by atoms with Crippen molar-refractivity contribution in [3.8, 4) is 5.75 Å². The fourth-order valence-corrected chi connectivity index (χ4v) is 2.23. The van der Waals surface area contributed by atoms with E-state index in [1.807, 2.05) is 48.5 Å². The van der Waals surface area contributed by atoms with Crippen LogP contribution >= 0.6 is 22.6 Å². The molecule has 0 aliphatic carbocycles. The van der Waals surface area contributed by atoms with Gasteiger partial charge in [0.25, 0.3) is 0 Å². The minimum Gasteiger partial charge on any atom is -0.497 e. The Morgan fingerprint density at radius 2 is 1.72 bits per heavy atom. The highest BCUT2D eigenvalue weighted by molar-refractivity contribution is 14.1. The van der Waals surface area contributed by atoms with Crippen LogP contribution in [0.1, 0.15) is 18.1 Å². The van der Waals surface area contributed by atoms with Gasteiger partial charge in [-0.2, -0.15) is 0 Å². The van der Waals surface area contributed by atoms with Gasteiger partial charge in [-0.15, -0.1) is 0 Å². The number of rotatable bonds is 3. The molecule has 3 heteroatoms. The van der Waals surface area contributed by atoms with E-state index in [9.17, 15) is 5.11 Å². The number of aliphatic hydroxyl groups is 1. The van der Waals surface area contributed by atoms with Gasteiger partial charge in [0.05, 0.1) is 7.11 Å². The van der Waals surface area contributed by atoms with Gasteiger partial charge in [-0.25, -0.2) is 0 Å². The zero-order chi connectivity index (χ0) is 13.2. The van der Waals surface area contributed by atoms with Gasteiger partial charge in [0.1, 0.15) is 11.4 Å². The second-order valence-electron chi connectivity index (χ2n) is 4.31. The first-order valence-electron chi connectivity index (χ1n) is 5.67. The molecule has 1 N–H and O–H groups in total. The average Bonchev–Trinajstić information content (AvgIpc) is 2.39. The lowest BCUT2D eigenvalue weighted by Gasteiger charge is -2.25. The van der Waals surface area contributed by atoms with Crippen LogP contribution in [0, 0.1) is 3.57 Å². The maximum atomic E-state index is 10.7. The third-order valence-electron chi connectivity index (χ3n) is 3.04.